The summed E-state index contributed by atoms with van der Waals surface area (Å²) in [6.45, 7) is 7.24. The normalized spacial score (nSPS) is 15.0. The largest absolute Gasteiger partial charge is 0.480 e. The molecule has 0 unspecified atom stereocenters. The first-order chi connectivity index (χ1) is 11.3. The maximum absolute atomic E-state index is 12.3. The second-order valence-electron chi connectivity index (χ2n) is 6.44. The van der Waals surface area contributed by atoms with Gasteiger partial charge in [-0.2, -0.15) is 0 Å². The smallest absolute Gasteiger partial charge is 0.410 e. The Kier molecular flexibility index (Phi) is 5.48. The number of pyridine rings is 1. The van der Waals surface area contributed by atoms with Crippen molar-refractivity contribution in [3.63, 3.8) is 0 Å². The zero-order valence-electron chi connectivity index (χ0n) is 14.5. The molecule has 1 saturated heterocycles. The van der Waals surface area contributed by atoms with Crippen molar-refractivity contribution in [3.05, 3.63) is 18.3 Å². The number of carbonyl (C=O) groups is 2. The lowest BCUT2D eigenvalue weighted by Gasteiger charge is -2.35. The molecule has 24 heavy (non-hydrogen) atoms. The van der Waals surface area contributed by atoms with Crippen molar-refractivity contribution in [1.82, 2.24) is 14.8 Å². The highest BCUT2D eigenvalue weighted by Crippen LogP contribution is 2.20. The number of ether oxygens (including phenoxy) is 2. The van der Waals surface area contributed by atoms with Gasteiger partial charge in [0.05, 0.1) is 7.11 Å². The highest BCUT2D eigenvalue weighted by molar-refractivity contribution is 5.90. The van der Waals surface area contributed by atoms with Gasteiger partial charge < -0.3 is 24.6 Å². The second kappa shape index (κ2) is 7.37. The fraction of sp³-hybridized carbons (Fsp3) is 0.562. The molecule has 2 rings (SSSR count). The Labute approximate surface area is 141 Å². The molecule has 0 spiro atoms. The van der Waals surface area contributed by atoms with Gasteiger partial charge in [0.1, 0.15) is 11.3 Å². The van der Waals surface area contributed by atoms with Crippen molar-refractivity contribution in [1.29, 1.82) is 0 Å². The van der Waals surface area contributed by atoms with Gasteiger partial charge in [-0.25, -0.2) is 14.6 Å². The van der Waals surface area contributed by atoms with E-state index in [-0.39, 0.29) is 12.1 Å². The zero-order chi connectivity index (χ0) is 17.7. The number of nitrogens with zero attached hydrogens (tertiary/aromatic N) is 3. The molecule has 1 aliphatic rings. The Hall–Kier alpha value is -2.51. The van der Waals surface area contributed by atoms with E-state index >= 15 is 0 Å². The Morgan fingerprint density at radius 2 is 1.79 bits per heavy atom. The van der Waals surface area contributed by atoms with Crippen LogP contribution in [0.4, 0.5) is 15.3 Å². The first-order valence-electron chi connectivity index (χ1n) is 7.83. The van der Waals surface area contributed by atoms with Crippen molar-refractivity contribution in [2.45, 2.75) is 26.4 Å². The lowest BCUT2D eigenvalue weighted by atomic mass is 10.2. The zero-order valence-corrected chi connectivity index (χ0v) is 14.5. The third kappa shape index (κ3) is 4.74. The first kappa shape index (κ1) is 17.8. The van der Waals surface area contributed by atoms with Crippen molar-refractivity contribution in [2.24, 2.45) is 0 Å². The summed E-state index contributed by atoms with van der Waals surface area (Å²) in [5, 5.41) is 2.78. The summed E-state index contributed by atoms with van der Waals surface area (Å²) in [4.78, 5) is 31.7. The van der Waals surface area contributed by atoms with Crippen LogP contribution >= 0.6 is 0 Å². The average Bonchev–Trinajstić information content (AvgIpc) is 2.54. The molecule has 2 heterocycles. The number of aromatic nitrogens is 1. The topological polar surface area (TPSA) is 84.0 Å². The number of methoxy groups -OCH3 is 1. The average molecular weight is 336 g/mol. The van der Waals surface area contributed by atoms with Crippen molar-refractivity contribution >= 4 is 17.8 Å². The van der Waals surface area contributed by atoms with E-state index in [1.807, 2.05) is 20.8 Å². The molecule has 0 atom stereocenters. The molecule has 1 aromatic heterocycles. The molecular weight excluding hydrogens is 312 g/mol. The summed E-state index contributed by atoms with van der Waals surface area (Å²) >= 11 is 0. The van der Waals surface area contributed by atoms with Gasteiger partial charge in [-0.15, -0.1) is 0 Å². The Morgan fingerprint density at radius 3 is 2.38 bits per heavy atom. The molecule has 1 fully saturated rings. The minimum Gasteiger partial charge on any atom is -0.480 e. The fourth-order valence-corrected chi connectivity index (χ4v) is 2.26. The van der Waals surface area contributed by atoms with Crippen LogP contribution < -0.4 is 10.1 Å². The van der Waals surface area contributed by atoms with E-state index in [0.717, 1.165) is 0 Å². The number of hydrogen-bond acceptors (Lipinski definition) is 5. The summed E-state index contributed by atoms with van der Waals surface area (Å²) in [5.74, 6) is 0.359. The summed E-state index contributed by atoms with van der Waals surface area (Å²) in [5.41, 5.74) is -0.0118. The molecule has 1 N–H and O–H groups in total. The number of carbonyl (C=O) groups excluding carboxylic acids is 2. The minimum absolute atomic E-state index is 0.245. The second-order valence-corrected chi connectivity index (χ2v) is 6.44. The number of piperazine rings is 1. The van der Waals surface area contributed by atoms with Crippen LogP contribution in [0.2, 0.25) is 0 Å². The van der Waals surface area contributed by atoms with Gasteiger partial charge in [0, 0.05) is 32.4 Å². The molecule has 8 heteroatoms. The van der Waals surface area contributed by atoms with Crippen LogP contribution in [0, 0.1) is 0 Å². The minimum atomic E-state index is -0.525. The Balaban J connectivity index is 1.88. The maximum Gasteiger partial charge on any atom is 0.410 e. The molecule has 132 valence electrons. The number of anilines is 1. The highest BCUT2D eigenvalue weighted by Gasteiger charge is 2.27. The Morgan fingerprint density at radius 1 is 1.17 bits per heavy atom. The third-order valence-electron chi connectivity index (χ3n) is 3.42. The van der Waals surface area contributed by atoms with E-state index < -0.39 is 5.60 Å². The summed E-state index contributed by atoms with van der Waals surface area (Å²) in [6, 6.07) is 3.20. The fourth-order valence-electron chi connectivity index (χ4n) is 2.26. The predicted molar refractivity (Wildman–Crippen MR) is 89.2 cm³/mol. The lowest BCUT2D eigenvalue weighted by Crippen LogP contribution is -2.52. The van der Waals surface area contributed by atoms with E-state index in [4.69, 9.17) is 9.47 Å². The SMILES string of the molecule is COc1ncccc1NC(=O)N1CCN(C(=O)OC(C)(C)C)CC1. The molecule has 0 saturated carbocycles. The number of nitrogens with one attached hydrogen (secondary N) is 1. The standard InChI is InChI=1S/C16H24N4O4/c1-16(2,3)24-15(22)20-10-8-19(9-11-20)14(21)18-12-6-5-7-17-13(12)23-4/h5-7H,8-11H2,1-4H3,(H,18,21). The molecule has 1 aliphatic heterocycles. The number of urea groups is 1. The monoisotopic (exact) mass is 336 g/mol. The van der Waals surface area contributed by atoms with Crippen LogP contribution in [-0.4, -0.2) is 65.8 Å². The highest BCUT2D eigenvalue weighted by atomic mass is 16.6. The van der Waals surface area contributed by atoms with E-state index in [0.29, 0.717) is 37.7 Å². The van der Waals surface area contributed by atoms with Gasteiger partial charge in [-0.3, -0.25) is 0 Å². The molecule has 0 radical (unpaired) electrons. The number of rotatable bonds is 2. The molecule has 3 amide bonds. The predicted octanol–water partition coefficient (Wildman–Crippen LogP) is 2.17. The van der Waals surface area contributed by atoms with Gasteiger partial charge in [0.2, 0.25) is 5.88 Å². The molecule has 8 nitrogen and oxygen atoms in total. The maximum atomic E-state index is 12.3. The van der Waals surface area contributed by atoms with E-state index in [1.54, 1.807) is 28.1 Å². The molecule has 0 bridgehead atoms. The van der Waals surface area contributed by atoms with Crippen molar-refractivity contribution in [2.75, 3.05) is 38.6 Å². The van der Waals surface area contributed by atoms with Gasteiger partial charge in [0.25, 0.3) is 0 Å². The van der Waals surface area contributed by atoms with Gasteiger partial charge in [-0.1, -0.05) is 0 Å². The summed E-state index contributed by atoms with van der Waals surface area (Å²) in [7, 11) is 1.50. The number of hydrogen-bond donors (Lipinski definition) is 1. The first-order valence-corrected chi connectivity index (χ1v) is 7.83. The molecule has 1 aromatic rings. The molecule has 0 aromatic carbocycles. The summed E-state index contributed by atoms with van der Waals surface area (Å²) in [6.07, 6.45) is 1.24. The van der Waals surface area contributed by atoms with Crippen LogP contribution in [0.5, 0.6) is 5.88 Å². The quantitative estimate of drug-likeness (QED) is 0.895. The van der Waals surface area contributed by atoms with Crippen molar-refractivity contribution in [3.8, 4) is 5.88 Å². The third-order valence-corrected chi connectivity index (χ3v) is 3.42. The van der Waals surface area contributed by atoms with Gasteiger partial charge in [0.15, 0.2) is 0 Å². The van der Waals surface area contributed by atoms with E-state index in [1.165, 1.54) is 7.11 Å². The Bertz CT molecular complexity index is 592. The number of amides is 3. The van der Waals surface area contributed by atoms with Crippen molar-refractivity contribution < 1.29 is 19.1 Å². The van der Waals surface area contributed by atoms with Gasteiger partial charge in [-0.05, 0) is 32.9 Å². The van der Waals surface area contributed by atoms with Crippen LogP contribution in [0.15, 0.2) is 18.3 Å². The van der Waals surface area contributed by atoms with Gasteiger partial charge >= 0.3 is 12.1 Å². The molecule has 0 aliphatic carbocycles. The van der Waals surface area contributed by atoms with Crippen LogP contribution in [0.3, 0.4) is 0 Å². The van der Waals surface area contributed by atoms with Crippen LogP contribution in [0.25, 0.3) is 0 Å². The van der Waals surface area contributed by atoms with E-state index in [2.05, 4.69) is 10.3 Å². The van der Waals surface area contributed by atoms with Crippen LogP contribution in [-0.2, 0) is 4.74 Å². The lowest BCUT2D eigenvalue weighted by molar-refractivity contribution is 0.0174. The van der Waals surface area contributed by atoms with Crippen LogP contribution in [0.1, 0.15) is 20.8 Å². The van der Waals surface area contributed by atoms with E-state index in [9.17, 15) is 9.59 Å². The summed E-state index contributed by atoms with van der Waals surface area (Å²) < 4.78 is 10.5. The molecular formula is C16H24N4O4.